The average molecular weight is 526 g/mol. The monoisotopic (exact) mass is 525 g/mol. The summed E-state index contributed by atoms with van der Waals surface area (Å²) in [5, 5.41) is 10.5. The molecule has 11 heteroatoms. The molecule has 0 amide bonds. The lowest BCUT2D eigenvalue weighted by Crippen LogP contribution is -2.21. The van der Waals surface area contributed by atoms with E-state index in [0.717, 1.165) is 0 Å². The van der Waals surface area contributed by atoms with E-state index in [1.165, 1.54) is 23.9 Å². The Bertz CT molecular complexity index is 1800. The molecule has 0 atom stereocenters. The minimum atomic E-state index is -2.47. The molecule has 0 unspecified atom stereocenters. The maximum Gasteiger partial charge on any atom is 0.354 e. The van der Waals surface area contributed by atoms with Crippen LogP contribution in [0.2, 0.25) is 0 Å². The van der Waals surface area contributed by atoms with Crippen molar-refractivity contribution in [2.24, 2.45) is 7.05 Å². The molecule has 3 heterocycles. The number of benzene rings is 2. The van der Waals surface area contributed by atoms with Crippen LogP contribution in [-0.4, -0.2) is 42.2 Å². The number of methoxy groups -OCH3 is 1. The molecule has 0 radical (unpaired) electrons. The fraction of sp³-hybridized carbons (Fsp3) is 0.143. The maximum atomic E-state index is 13.0. The number of hydrogen-bond acceptors (Lipinski definition) is 9. The van der Waals surface area contributed by atoms with E-state index in [4.69, 9.17) is 8.85 Å². The molecular formula is C28H26N8O3. The number of carbonyl (C=O) groups is 1. The topological polar surface area (TPSA) is 129 Å². The van der Waals surface area contributed by atoms with Crippen molar-refractivity contribution in [2.75, 3.05) is 17.7 Å². The summed E-state index contributed by atoms with van der Waals surface area (Å²) >= 11 is 0. The number of nitrogens with one attached hydrogen (secondary N) is 2. The minimum absolute atomic E-state index is 0.0625. The van der Waals surface area contributed by atoms with Crippen LogP contribution >= 0.6 is 0 Å². The molecule has 0 spiro atoms. The molecule has 11 nitrogen and oxygen atoms in total. The Balaban J connectivity index is 1.51. The second kappa shape index (κ2) is 11.0. The third-order valence-electron chi connectivity index (χ3n) is 5.79. The van der Waals surface area contributed by atoms with Crippen LogP contribution in [0.5, 0.6) is 5.75 Å². The normalized spacial score (nSPS) is 12.2. The Morgan fingerprint density at radius 1 is 1.03 bits per heavy atom. The lowest BCUT2D eigenvalue weighted by atomic mass is 10.1. The van der Waals surface area contributed by atoms with Crippen molar-refractivity contribution in [2.45, 2.75) is 13.3 Å². The molecule has 0 aliphatic heterocycles. The lowest BCUT2D eigenvalue weighted by molar-refractivity contribution is 0.0988. The second-order valence-electron chi connectivity index (χ2n) is 8.39. The lowest BCUT2D eigenvalue weighted by Gasteiger charge is -2.17. The Morgan fingerprint density at radius 3 is 2.59 bits per heavy atom. The fourth-order valence-corrected chi connectivity index (χ4v) is 3.97. The van der Waals surface area contributed by atoms with Gasteiger partial charge in [0, 0.05) is 36.0 Å². The predicted octanol–water partition coefficient (Wildman–Crippen LogP) is 4.51. The Morgan fingerprint density at radius 2 is 1.87 bits per heavy atom. The molecule has 196 valence electrons. The number of pyridine rings is 1. The molecule has 0 aliphatic rings. The Kier molecular flexibility index (Phi) is 6.11. The summed E-state index contributed by atoms with van der Waals surface area (Å²) in [6.45, 7) is -2.47. The number of carbonyl (C=O) groups excluding carboxylic acids is 1. The van der Waals surface area contributed by atoms with E-state index < -0.39 is 24.7 Å². The number of ether oxygens (including phenoxy) is 1. The zero-order chi connectivity index (χ0) is 29.9. The fourth-order valence-electron chi connectivity index (χ4n) is 3.97. The van der Waals surface area contributed by atoms with Crippen molar-refractivity contribution in [1.82, 2.24) is 29.3 Å². The average Bonchev–Trinajstić information content (AvgIpc) is 3.38. The summed E-state index contributed by atoms with van der Waals surface area (Å²) < 4.78 is 31.3. The van der Waals surface area contributed by atoms with E-state index in [-0.39, 0.29) is 22.9 Å². The van der Waals surface area contributed by atoms with Gasteiger partial charge in [-0.25, -0.2) is 14.8 Å². The van der Waals surface area contributed by atoms with Crippen molar-refractivity contribution >= 4 is 28.8 Å². The number of nitrogens with zero attached hydrogens (tertiary/aromatic N) is 6. The van der Waals surface area contributed by atoms with Crippen molar-refractivity contribution in [3.63, 3.8) is 0 Å². The van der Waals surface area contributed by atoms with Crippen molar-refractivity contribution in [3.8, 4) is 22.8 Å². The molecule has 0 saturated carbocycles. The highest BCUT2D eigenvalue weighted by atomic mass is 16.5. The van der Waals surface area contributed by atoms with Crippen LogP contribution < -0.4 is 21.1 Å². The highest BCUT2D eigenvalue weighted by molar-refractivity contribution is 6.02. The van der Waals surface area contributed by atoms with Crippen LogP contribution in [0.3, 0.4) is 0 Å². The second-order valence-corrected chi connectivity index (χ2v) is 8.39. The van der Waals surface area contributed by atoms with Gasteiger partial charge in [0.1, 0.15) is 18.0 Å². The van der Waals surface area contributed by atoms with Crippen molar-refractivity contribution in [1.29, 1.82) is 0 Å². The molecule has 5 rings (SSSR count). The van der Waals surface area contributed by atoms with Gasteiger partial charge in [0.2, 0.25) is 0 Å². The zero-order valence-electron chi connectivity index (χ0n) is 24.1. The summed E-state index contributed by atoms with van der Waals surface area (Å²) in [7, 11) is 3.24. The Hall–Kier alpha value is -5.32. The van der Waals surface area contributed by atoms with Crippen LogP contribution in [0, 0.1) is 0 Å². The summed E-state index contributed by atoms with van der Waals surface area (Å²) in [4.78, 5) is 38.4. The Labute approximate surface area is 228 Å². The van der Waals surface area contributed by atoms with Crippen LogP contribution in [0.15, 0.2) is 84.2 Å². The van der Waals surface area contributed by atoms with Gasteiger partial charge in [0.15, 0.2) is 17.4 Å². The quantitative estimate of drug-likeness (QED) is 0.267. The third kappa shape index (κ3) is 5.37. The van der Waals surface area contributed by atoms with E-state index in [1.54, 1.807) is 60.7 Å². The van der Waals surface area contributed by atoms with Gasteiger partial charge in [-0.2, -0.15) is 10.1 Å². The molecule has 3 aromatic heterocycles. The van der Waals surface area contributed by atoms with Gasteiger partial charge in [-0.05, 0) is 30.3 Å². The van der Waals surface area contributed by atoms with Gasteiger partial charge in [0.05, 0.1) is 35.3 Å². The molecule has 0 fully saturated rings. The van der Waals surface area contributed by atoms with Crippen molar-refractivity contribution in [3.05, 3.63) is 95.4 Å². The number of hydrogen-bond donors (Lipinski definition) is 2. The number of rotatable bonds is 9. The summed E-state index contributed by atoms with van der Waals surface area (Å²) in [6.07, 6.45) is 3.75. The first-order chi connectivity index (χ1) is 20.1. The summed E-state index contributed by atoms with van der Waals surface area (Å²) in [5.74, 6) is 0.712. The van der Waals surface area contributed by atoms with E-state index in [0.29, 0.717) is 28.5 Å². The third-order valence-corrected chi connectivity index (χ3v) is 5.79. The number of anilines is 4. The predicted molar refractivity (Wildman–Crippen MR) is 148 cm³/mol. The minimum Gasteiger partial charge on any atom is -0.494 e. The number of Topliss-reactive ketones (excluding diaryl/α,β-unsaturated/α-hetero) is 1. The molecule has 0 saturated heterocycles. The highest BCUT2D eigenvalue weighted by Crippen LogP contribution is 2.37. The van der Waals surface area contributed by atoms with E-state index in [9.17, 15) is 9.59 Å². The van der Waals surface area contributed by atoms with Crippen LogP contribution in [0.25, 0.3) is 17.1 Å². The number of para-hydroxylation sites is 2. The standard InChI is InChI=1S/C28H26N8O3/c1-4-23(37)20-16-29-25(32-24-13-14-36(28(38)33-24)18-9-6-5-7-10-18)15-22(20)31-21-12-8-11-19(26(21)39-3)27-30-17-35(2)34-27/h5-17H,4H2,1-3H3,(H2,29,31,32,33,38)/i1D3. The first-order valence-corrected chi connectivity index (χ1v) is 11.9. The van der Waals surface area contributed by atoms with Gasteiger partial charge in [-0.1, -0.05) is 31.1 Å². The molecule has 2 N–H and O–H groups in total. The van der Waals surface area contributed by atoms with Gasteiger partial charge in [-0.3, -0.25) is 14.0 Å². The van der Waals surface area contributed by atoms with Crippen molar-refractivity contribution < 1.29 is 13.6 Å². The summed E-state index contributed by atoms with van der Waals surface area (Å²) in [6, 6.07) is 17.5. The molecule has 5 aromatic rings. The van der Waals surface area contributed by atoms with E-state index >= 15 is 0 Å². The van der Waals surface area contributed by atoms with Gasteiger partial charge in [0.25, 0.3) is 0 Å². The van der Waals surface area contributed by atoms with Gasteiger partial charge in [-0.15, -0.1) is 0 Å². The zero-order valence-corrected chi connectivity index (χ0v) is 21.1. The number of aryl methyl sites for hydroxylation is 1. The molecule has 0 bridgehead atoms. The first kappa shape index (κ1) is 21.7. The van der Waals surface area contributed by atoms with E-state index in [1.807, 2.05) is 18.2 Å². The summed E-state index contributed by atoms with van der Waals surface area (Å²) in [5.41, 5.74) is 1.58. The maximum absolute atomic E-state index is 13.0. The highest BCUT2D eigenvalue weighted by Gasteiger charge is 2.18. The molecule has 39 heavy (non-hydrogen) atoms. The smallest absolute Gasteiger partial charge is 0.354 e. The number of aromatic nitrogens is 6. The molecular weight excluding hydrogens is 496 g/mol. The SMILES string of the molecule is [2H]C([2H])([2H])CC(=O)c1cnc(Nc2ccn(-c3ccccc3)c(=O)n2)cc1Nc1cccc(-c2ncn(C)n2)c1OC. The number of ketones is 1. The van der Waals surface area contributed by atoms with Crippen LogP contribution in [-0.2, 0) is 7.05 Å². The van der Waals surface area contributed by atoms with Gasteiger partial charge < -0.3 is 15.4 Å². The van der Waals surface area contributed by atoms with Gasteiger partial charge >= 0.3 is 5.69 Å². The first-order valence-electron chi connectivity index (χ1n) is 13.4. The largest absolute Gasteiger partial charge is 0.494 e. The van der Waals surface area contributed by atoms with Crippen LogP contribution in [0.4, 0.5) is 23.0 Å². The van der Waals surface area contributed by atoms with E-state index in [2.05, 4.69) is 30.7 Å². The molecule has 2 aromatic carbocycles. The van der Waals surface area contributed by atoms with Crippen LogP contribution in [0.1, 0.15) is 27.7 Å². The molecule has 0 aliphatic carbocycles.